The highest BCUT2D eigenvalue weighted by atomic mass is 35.5. The Bertz CT molecular complexity index is 1540. The molecule has 0 saturated carbocycles. The van der Waals surface area contributed by atoms with Gasteiger partial charge in [0.25, 0.3) is 0 Å². The van der Waals surface area contributed by atoms with Crippen molar-refractivity contribution in [3.05, 3.63) is 88.4 Å². The van der Waals surface area contributed by atoms with Gasteiger partial charge in [-0.25, -0.2) is 4.98 Å². The van der Waals surface area contributed by atoms with Crippen LogP contribution in [0, 0.1) is 25.7 Å². The second-order valence-corrected chi connectivity index (χ2v) is 12.7. The number of likely N-dealkylation sites (tertiary alicyclic amines) is 2. The number of nitrogens with zero attached hydrogens (tertiary/aromatic N) is 5. The van der Waals surface area contributed by atoms with Crippen molar-refractivity contribution in [2.24, 2.45) is 16.8 Å². The lowest BCUT2D eigenvalue weighted by Gasteiger charge is -2.39. The van der Waals surface area contributed by atoms with Gasteiger partial charge >= 0.3 is 0 Å². The average molecular weight is 596 g/mol. The zero-order valence-electron chi connectivity index (χ0n) is 26.8. The van der Waals surface area contributed by atoms with Crippen molar-refractivity contribution in [2.45, 2.75) is 60.9 Å². The van der Waals surface area contributed by atoms with Crippen LogP contribution in [0.3, 0.4) is 0 Å². The number of benzene rings is 2. The van der Waals surface area contributed by atoms with Gasteiger partial charge in [-0.1, -0.05) is 87.3 Å². The summed E-state index contributed by atoms with van der Waals surface area (Å²) in [6, 6.07) is 12.5. The average Bonchev–Trinajstić information content (AvgIpc) is 2.96. The van der Waals surface area contributed by atoms with Crippen LogP contribution >= 0.6 is 11.6 Å². The number of halogens is 1. The van der Waals surface area contributed by atoms with Crippen molar-refractivity contribution in [1.29, 1.82) is 0 Å². The number of aryl methyl sites for hydroxylation is 1. The zero-order valence-corrected chi connectivity index (χ0v) is 27.5. The molecule has 2 fully saturated rings. The fourth-order valence-corrected chi connectivity index (χ4v) is 6.52. The molecule has 6 heteroatoms. The van der Waals surface area contributed by atoms with Gasteiger partial charge in [0.15, 0.2) is 0 Å². The number of hydrogen-bond acceptors (Lipinski definition) is 5. The van der Waals surface area contributed by atoms with Crippen LogP contribution in [0.2, 0.25) is 5.02 Å². The van der Waals surface area contributed by atoms with Gasteiger partial charge in [0, 0.05) is 61.7 Å². The van der Waals surface area contributed by atoms with Crippen LogP contribution in [-0.2, 0) is 6.54 Å². The molecule has 5 nitrogen and oxygen atoms in total. The minimum Gasteiger partial charge on any atom is -0.298 e. The van der Waals surface area contributed by atoms with Crippen molar-refractivity contribution in [2.75, 3.05) is 32.7 Å². The Labute approximate surface area is 263 Å². The van der Waals surface area contributed by atoms with Crippen LogP contribution in [0.1, 0.15) is 63.1 Å². The molecule has 0 N–H and O–H groups in total. The largest absolute Gasteiger partial charge is 0.298 e. The first kappa shape index (κ1) is 31.3. The molecule has 2 aliphatic rings. The zero-order chi connectivity index (χ0) is 30.7. The molecule has 2 saturated heterocycles. The van der Waals surface area contributed by atoms with Gasteiger partial charge < -0.3 is 0 Å². The van der Waals surface area contributed by atoms with Crippen molar-refractivity contribution in [3.63, 3.8) is 0 Å². The number of aliphatic imine (C=N–C) groups is 1. The fourth-order valence-electron chi connectivity index (χ4n) is 6.20. The Balaban J connectivity index is 1.37. The van der Waals surface area contributed by atoms with E-state index in [2.05, 4.69) is 80.5 Å². The minimum atomic E-state index is 0.698. The van der Waals surface area contributed by atoms with Gasteiger partial charge in [-0.15, -0.1) is 0 Å². The summed E-state index contributed by atoms with van der Waals surface area (Å²) in [5, 5.41) is 0.698. The maximum atomic E-state index is 7.16. The molecular weight excluding hydrogens is 550 g/mol. The molecule has 2 aliphatic heterocycles. The summed E-state index contributed by atoms with van der Waals surface area (Å²) in [6.45, 7) is 23.5. The molecule has 0 unspecified atom stereocenters. The maximum absolute atomic E-state index is 7.16. The maximum Gasteiger partial charge on any atom is 0.0891 e. The van der Waals surface area contributed by atoms with E-state index in [1.165, 1.54) is 12.8 Å². The Morgan fingerprint density at radius 1 is 0.977 bits per heavy atom. The van der Waals surface area contributed by atoms with E-state index in [4.69, 9.17) is 26.6 Å². The van der Waals surface area contributed by atoms with Gasteiger partial charge in [-0.2, -0.15) is 0 Å². The summed E-state index contributed by atoms with van der Waals surface area (Å²) >= 11 is 7.16. The summed E-state index contributed by atoms with van der Waals surface area (Å²) in [4.78, 5) is 19.8. The molecule has 0 bridgehead atoms. The molecule has 43 heavy (non-hydrogen) atoms. The van der Waals surface area contributed by atoms with Crippen molar-refractivity contribution in [3.8, 4) is 22.4 Å². The molecule has 1 aromatic heterocycles. The third-order valence-corrected chi connectivity index (χ3v) is 9.71. The second kappa shape index (κ2) is 13.7. The van der Waals surface area contributed by atoms with Crippen molar-refractivity contribution >= 4 is 23.0 Å². The van der Waals surface area contributed by atoms with Gasteiger partial charge in [0.1, 0.15) is 0 Å². The van der Waals surface area contributed by atoms with E-state index < -0.39 is 0 Å². The minimum absolute atomic E-state index is 0.698. The molecule has 226 valence electrons. The topological polar surface area (TPSA) is 44.6 Å². The summed E-state index contributed by atoms with van der Waals surface area (Å²) < 4.78 is 0. The standard InChI is InChI=1S/C37H46ClN5/c1-8-28-19-42(20-28)18-24(4)26(6)40-34(10-3)33-16-12-15-32(37(33)38)30-13-11-14-31(25(30)5)35-17-39-36(27(7)41-35)23-43-21-29(9-2)22-43/h10-17,28-29H,4,8-9,18-23H2,1-3,5-7H3/b34-10-,40-26-. The van der Waals surface area contributed by atoms with Crippen molar-refractivity contribution in [1.82, 2.24) is 19.8 Å². The lowest BCUT2D eigenvalue weighted by Crippen LogP contribution is -2.47. The molecular formula is C37H46ClN5. The van der Waals surface area contributed by atoms with Gasteiger partial charge in [-0.3, -0.25) is 19.8 Å². The van der Waals surface area contributed by atoms with E-state index in [0.717, 1.165) is 113 Å². The Morgan fingerprint density at radius 2 is 1.60 bits per heavy atom. The first-order chi connectivity index (χ1) is 20.7. The lowest BCUT2D eigenvalue weighted by atomic mass is 9.93. The molecule has 0 aliphatic carbocycles. The van der Waals surface area contributed by atoms with E-state index in [1.54, 1.807) is 0 Å². The fraction of sp³-hybridized carbons (Fsp3) is 0.432. The normalized spacial score (nSPS) is 17.2. The molecule has 0 atom stereocenters. The number of rotatable bonds is 11. The quantitative estimate of drug-likeness (QED) is 0.208. The predicted molar refractivity (Wildman–Crippen MR) is 183 cm³/mol. The SMILES string of the molecule is C=C(CN1CC(CC)C1)/C(C)=N\C(=C/C)c1cccc(-c2cccc(-c3cnc(CN4CC(CC)C4)c(C)n3)c2C)c1Cl. The highest BCUT2D eigenvalue weighted by Crippen LogP contribution is 2.38. The van der Waals surface area contributed by atoms with Gasteiger partial charge in [-0.05, 0) is 56.2 Å². The molecule has 0 radical (unpaired) electrons. The van der Waals surface area contributed by atoms with Crippen LogP contribution in [0.25, 0.3) is 28.1 Å². The Morgan fingerprint density at radius 3 is 2.26 bits per heavy atom. The molecule has 5 rings (SSSR count). The van der Waals surface area contributed by atoms with Crippen LogP contribution in [-0.4, -0.2) is 58.2 Å². The third-order valence-electron chi connectivity index (χ3n) is 9.30. The van der Waals surface area contributed by atoms with E-state index in [9.17, 15) is 0 Å². The van der Waals surface area contributed by atoms with E-state index in [-0.39, 0.29) is 0 Å². The summed E-state index contributed by atoms with van der Waals surface area (Å²) in [5.41, 5.74) is 11.0. The van der Waals surface area contributed by atoms with Gasteiger partial charge in [0.05, 0.1) is 34.0 Å². The Kier molecular flexibility index (Phi) is 9.95. The summed E-state index contributed by atoms with van der Waals surface area (Å²) in [6.07, 6.45) is 6.45. The monoisotopic (exact) mass is 595 g/mol. The summed E-state index contributed by atoms with van der Waals surface area (Å²) in [7, 11) is 0. The predicted octanol–water partition coefficient (Wildman–Crippen LogP) is 8.64. The van der Waals surface area contributed by atoms with Gasteiger partial charge in [0.2, 0.25) is 0 Å². The van der Waals surface area contributed by atoms with E-state index in [0.29, 0.717) is 5.02 Å². The highest BCUT2D eigenvalue weighted by molar-refractivity contribution is 6.35. The van der Waals surface area contributed by atoms with Crippen molar-refractivity contribution < 1.29 is 0 Å². The molecule has 2 aromatic carbocycles. The first-order valence-electron chi connectivity index (χ1n) is 15.8. The Hall–Kier alpha value is -3.12. The molecule has 3 aromatic rings. The molecule has 3 heterocycles. The second-order valence-electron chi connectivity index (χ2n) is 12.3. The first-order valence-corrected chi connectivity index (χ1v) is 16.2. The lowest BCUT2D eigenvalue weighted by molar-refractivity contribution is 0.0881. The molecule has 0 spiro atoms. The van der Waals surface area contributed by atoms with Crippen LogP contribution in [0.15, 0.2) is 65.8 Å². The molecule has 0 amide bonds. The third kappa shape index (κ3) is 6.85. The van der Waals surface area contributed by atoms with E-state index >= 15 is 0 Å². The number of aromatic nitrogens is 2. The summed E-state index contributed by atoms with van der Waals surface area (Å²) in [5.74, 6) is 1.64. The van der Waals surface area contributed by atoms with Crippen LogP contribution in [0.5, 0.6) is 0 Å². The van der Waals surface area contributed by atoms with Crippen LogP contribution in [0.4, 0.5) is 0 Å². The van der Waals surface area contributed by atoms with Crippen LogP contribution < -0.4 is 0 Å². The smallest absolute Gasteiger partial charge is 0.0891 e. The highest BCUT2D eigenvalue weighted by Gasteiger charge is 2.26. The number of hydrogen-bond donors (Lipinski definition) is 0. The number of allylic oxidation sites excluding steroid dienone is 1. The van der Waals surface area contributed by atoms with E-state index in [1.807, 2.05) is 26.1 Å².